The Kier molecular flexibility index (Phi) is 3.74. The first kappa shape index (κ1) is 14.1. The Morgan fingerprint density at radius 2 is 2.05 bits per heavy atom. The Balaban J connectivity index is 1.76. The Morgan fingerprint density at radius 3 is 2.68 bits per heavy atom. The fourth-order valence-electron chi connectivity index (χ4n) is 2.28. The topological polar surface area (TPSA) is 64.7 Å². The van der Waals surface area contributed by atoms with Crippen LogP contribution in [0.4, 0.5) is 5.69 Å². The molecule has 0 spiro atoms. The lowest BCUT2D eigenvalue weighted by molar-refractivity contribution is 0.101. The largest absolute Gasteiger partial charge is 0.321 e. The maximum Gasteiger partial charge on any atom is 0.273 e. The third-order valence-corrected chi connectivity index (χ3v) is 3.33. The van der Waals surface area contributed by atoms with Crippen LogP contribution in [0.1, 0.15) is 23.1 Å². The molecule has 1 N–H and O–H groups in total. The van der Waals surface area contributed by atoms with Gasteiger partial charge in [0.15, 0.2) is 0 Å². The van der Waals surface area contributed by atoms with Crippen LogP contribution in [0.2, 0.25) is 0 Å². The standard InChI is InChI=1S/C16H17N5O/c1-3-20-15(11-12(2)19-20)16(22)18-13-5-7-14(8-6-13)21-10-4-9-17-21/h4-11H,3H2,1-2H3,(H,18,22). The van der Waals surface area contributed by atoms with Crippen molar-refractivity contribution in [2.75, 3.05) is 5.32 Å². The number of nitrogens with zero attached hydrogens (tertiary/aromatic N) is 4. The summed E-state index contributed by atoms with van der Waals surface area (Å²) in [6.45, 7) is 4.50. The van der Waals surface area contributed by atoms with E-state index in [2.05, 4.69) is 15.5 Å². The number of hydrogen-bond acceptors (Lipinski definition) is 3. The number of anilines is 1. The van der Waals surface area contributed by atoms with Crippen LogP contribution in [0, 0.1) is 6.92 Å². The molecule has 0 saturated carbocycles. The summed E-state index contributed by atoms with van der Waals surface area (Å²) < 4.78 is 3.46. The fraction of sp³-hybridized carbons (Fsp3) is 0.188. The van der Waals surface area contributed by atoms with E-state index < -0.39 is 0 Å². The molecule has 0 atom stereocenters. The average Bonchev–Trinajstić information content (AvgIpc) is 3.17. The van der Waals surface area contributed by atoms with Gasteiger partial charge in [0.05, 0.1) is 11.4 Å². The predicted molar refractivity (Wildman–Crippen MR) is 84.2 cm³/mol. The number of benzene rings is 1. The van der Waals surface area contributed by atoms with Gasteiger partial charge in [-0.3, -0.25) is 9.48 Å². The van der Waals surface area contributed by atoms with Gasteiger partial charge in [-0.15, -0.1) is 0 Å². The first-order valence-corrected chi connectivity index (χ1v) is 7.13. The van der Waals surface area contributed by atoms with E-state index in [-0.39, 0.29) is 5.91 Å². The van der Waals surface area contributed by atoms with Gasteiger partial charge in [-0.2, -0.15) is 10.2 Å². The normalized spacial score (nSPS) is 10.6. The lowest BCUT2D eigenvalue weighted by Gasteiger charge is -2.08. The minimum atomic E-state index is -0.158. The zero-order valence-electron chi connectivity index (χ0n) is 12.5. The molecule has 112 valence electrons. The highest BCUT2D eigenvalue weighted by atomic mass is 16.2. The molecule has 0 aliphatic heterocycles. The van der Waals surface area contributed by atoms with E-state index in [4.69, 9.17) is 0 Å². The summed E-state index contributed by atoms with van der Waals surface area (Å²) >= 11 is 0. The van der Waals surface area contributed by atoms with E-state index in [0.29, 0.717) is 12.2 Å². The molecule has 0 bridgehead atoms. The molecule has 0 saturated heterocycles. The molecule has 6 nitrogen and oxygen atoms in total. The molecule has 1 amide bonds. The number of amides is 1. The molecule has 3 aromatic rings. The molecule has 0 aliphatic carbocycles. The van der Waals surface area contributed by atoms with Crippen molar-refractivity contribution in [2.24, 2.45) is 0 Å². The Hall–Kier alpha value is -2.89. The van der Waals surface area contributed by atoms with Gasteiger partial charge in [0, 0.05) is 24.6 Å². The van der Waals surface area contributed by atoms with Crippen LogP contribution in [-0.2, 0) is 6.54 Å². The maximum absolute atomic E-state index is 12.3. The van der Waals surface area contributed by atoms with Gasteiger partial charge in [-0.25, -0.2) is 4.68 Å². The lowest BCUT2D eigenvalue weighted by atomic mass is 10.2. The van der Waals surface area contributed by atoms with Crippen molar-refractivity contribution in [1.29, 1.82) is 0 Å². The van der Waals surface area contributed by atoms with E-state index in [0.717, 1.165) is 17.1 Å². The second-order valence-electron chi connectivity index (χ2n) is 4.94. The third kappa shape index (κ3) is 2.76. The zero-order chi connectivity index (χ0) is 15.5. The number of carbonyl (C=O) groups is 1. The van der Waals surface area contributed by atoms with Gasteiger partial charge in [0.25, 0.3) is 5.91 Å². The van der Waals surface area contributed by atoms with Gasteiger partial charge >= 0.3 is 0 Å². The van der Waals surface area contributed by atoms with Crippen molar-refractivity contribution in [3.8, 4) is 5.69 Å². The predicted octanol–water partition coefficient (Wildman–Crippen LogP) is 2.65. The van der Waals surface area contributed by atoms with Gasteiger partial charge in [0.1, 0.15) is 5.69 Å². The Bertz CT molecular complexity index is 771. The van der Waals surface area contributed by atoms with Crippen molar-refractivity contribution >= 4 is 11.6 Å². The summed E-state index contributed by atoms with van der Waals surface area (Å²) in [6.07, 6.45) is 3.60. The first-order valence-electron chi connectivity index (χ1n) is 7.13. The highest BCUT2D eigenvalue weighted by molar-refractivity contribution is 6.03. The Labute approximate surface area is 128 Å². The molecule has 22 heavy (non-hydrogen) atoms. The van der Waals surface area contributed by atoms with Crippen LogP contribution >= 0.6 is 0 Å². The number of aromatic nitrogens is 4. The summed E-state index contributed by atoms with van der Waals surface area (Å²) in [6, 6.07) is 11.2. The molecule has 2 aromatic heterocycles. The summed E-state index contributed by atoms with van der Waals surface area (Å²) in [5.74, 6) is -0.158. The monoisotopic (exact) mass is 295 g/mol. The molecule has 3 rings (SSSR count). The number of rotatable bonds is 4. The number of aryl methyl sites for hydroxylation is 2. The van der Waals surface area contributed by atoms with Crippen LogP contribution in [0.15, 0.2) is 48.8 Å². The van der Waals surface area contributed by atoms with Gasteiger partial charge in [-0.1, -0.05) is 0 Å². The zero-order valence-corrected chi connectivity index (χ0v) is 12.5. The molecule has 2 heterocycles. The number of carbonyl (C=O) groups excluding carboxylic acids is 1. The molecule has 6 heteroatoms. The molecule has 1 aromatic carbocycles. The Morgan fingerprint density at radius 1 is 1.27 bits per heavy atom. The molecular weight excluding hydrogens is 278 g/mol. The van der Waals surface area contributed by atoms with Crippen molar-refractivity contribution in [3.63, 3.8) is 0 Å². The van der Waals surface area contributed by atoms with Crippen molar-refractivity contribution in [3.05, 3.63) is 60.2 Å². The van der Waals surface area contributed by atoms with E-state index >= 15 is 0 Å². The molecular formula is C16H17N5O. The van der Waals surface area contributed by atoms with Gasteiger partial charge in [-0.05, 0) is 50.2 Å². The highest BCUT2D eigenvalue weighted by Crippen LogP contribution is 2.14. The lowest BCUT2D eigenvalue weighted by Crippen LogP contribution is -2.17. The quantitative estimate of drug-likeness (QED) is 0.804. The summed E-state index contributed by atoms with van der Waals surface area (Å²) in [7, 11) is 0. The summed E-state index contributed by atoms with van der Waals surface area (Å²) in [4.78, 5) is 12.3. The van der Waals surface area contributed by atoms with Crippen LogP contribution in [0.3, 0.4) is 0 Å². The average molecular weight is 295 g/mol. The SMILES string of the molecule is CCn1nc(C)cc1C(=O)Nc1ccc(-n2cccn2)cc1. The fourth-order valence-corrected chi connectivity index (χ4v) is 2.28. The van der Waals surface area contributed by atoms with E-state index in [1.807, 2.05) is 50.4 Å². The number of hydrogen-bond donors (Lipinski definition) is 1. The van der Waals surface area contributed by atoms with E-state index in [1.54, 1.807) is 21.6 Å². The summed E-state index contributed by atoms with van der Waals surface area (Å²) in [5, 5.41) is 11.3. The molecule has 0 radical (unpaired) electrons. The van der Waals surface area contributed by atoms with Crippen LogP contribution in [-0.4, -0.2) is 25.5 Å². The van der Waals surface area contributed by atoms with Gasteiger partial charge in [0.2, 0.25) is 0 Å². The number of nitrogens with one attached hydrogen (secondary N) is 1. The first-order chi connectivity index (χ1) is 10.7. The third-order valence-electron chi connectivity index (χ3n) is 3.33. The van der Waals surface area contributed by atoms with Crippen molar-refractivity contribution < 1.29 is 4.79 Å². The van der Waals surface area contributed by atoms with Crippen molar-refractivity contribution in [1.82, 2.24) is 19.6 Å². The van der Waals surface area contributed by atoms with Crippen LogP contribution in [0.25, 0.3) is 5.69 Å². The van der Waals surface area contributed by atoms with Crippen LogP contribution < -0.4 is 5.32 Å². The molecule has 0 unspecified atom stereocenters. The highest BCUT2D eigenvalue weighted by Gasteiger charge is 2.13. The minimum absolute atomic E-state index is 0.158. The summed E-state index contributed by atoms with van der Waals surface area (Å²) in [5.41, 5.74) is 3.08. The van der Waals surface area contributed by atoms with Gasteiger partial charge < -0.3 is 5.32 Å². The second kappa shape index (κ2) is 5.85. The molecule has 0 aliphatic rings. The van der Waals surface area contributed by atoms with Crippen LogP contribution in [0.5, 0.6) is 0 Å². The van der Waals surface area contributed by atoms with Crippen molar-refractivity contribution in [2.45, 2.75) is 20.4 Å². The molecule has 0 fully saturated rings. The smallest absolute Gasteiger partial charge is 0.273 e. The minimum Gasteiger partial charge on any atom is -0.321 e. The second-order valence-corrected chi connectivity index (χ2v) is 4.94. The maximum atomic E-state index is 12.3. The van der Waals surface area contributed by atoms with E-state index in [1.165, 1.54) is 0 Å². The van der Waals surface area contributed by atoms with E-state index in [9.17, 15) is 4.79 Å².